The molecule has 0 aromatic heterocycles. The van der Waals surface area contributed by atoms with Crippen LogP contribution in [0.1, 0.15) is 20.8 Å². The second kappa shape index (κ2) is 2.33. The monoisotopic (exact) mass is 168 g/mol. The van der Waals surface area contributed by atoms with E-state index in [1.807, 2.05) is 20.8 Å². The fraction of sp³-hybridized carbons (Fsp3) is 0.800. The van der Waals surface area contributed by atoms with E-state index in [1.165, 1.54) is 0 Å². The highest BCUT2D eigenvalue weighted by Gasteiger charge is 2.48. The van der Waals surface area contributed by atoms with Crippen molar-refractivity contribution >= 4 is 0 Å². The molecule has 0 aliphatic carbocycles. The lowest BCUT2D eigenvalue weighted by atomic mass is 9.80. The average Bonchev–Trinajstić information content (AvgIpc) is 2.41. The Bertz CT molecular complexity index is 224. The molecule has 0 aromatic rings. The zero-order valence-corrected chi connectivity index (χ0v) is 7.82. The van der Waals surface area contributed by atoms with E-state index in [2.05, 4.69) is 12.2 Å². The lowest BCUT2D eigenvalue weighted by Crippen LogP contribution is -2.50. The molecule has 5 atom stereocenters. The molecule has 12 heavy (non-hydrogen) atoms. The molecule has 0 radical (unpaired) electrons. The molecule has 1 N–H and O–H groups in total. The second-order valence-electron chi connectivity index (χ2n) is 4.26. The Balaban J connectivity index is 2.31. The van der Waals surface area contributed by atoms with Crippen molar-refractivity contribution in [1.29, 1.82) is 0 Å². The van der Waals surface area contributed by atoms with Crippen LogP contribution in [-0.2, 0) is 4.74 Å². The summed E-state index contributed by atoms with van der Waals surface area (Å²) in [4.78, 5) is 0. The van der Waals surface area contributed by atoms with E-state index in [4.69, 9.17) is 4.74 Å². The molecule has 1 fully saturated rings. The molecule has 1 saturated heterocycles. The van der Waals surface area contributed by atoms with E-state index in [9.17, 15) is 5.11 Å². The largest absolute Gasteiger partial charge is 0.392 e. The molecule has 2 nitrogen and oxygen atoms in total. The van der Waals surface area contributed by atoms with Gasteiger partial charge < -0.3 is 9.84 Å². The lowest BCUT2D eigenvalue weighted by molar-refractivity contribution is -0.163. The third-order valence-electron chi connectivity index (χ3n) is 3.48. The summed E-state index contributed by atoms with van der Waals surface area (Å²) in [6, 6.07) is 0. The smallest absolute Gasteiger partial charge is 0.0893 e. The Kier molecular flexibility index (Phi) is 1.61. The molecule has 0 unspecified atom stereocenters. The molecular weight excluding hydrogens is 152 g/mol. The van der Waals surface area contributed by atoms with Gasteiger partial charge in [0.05, 0.1) is 17.8 Å². The third-order valence-corrected chi connectivity index (χ3v) is 3.48. The van der Waals surface area contributed by atoms with Crippen molar-refractivity contribution in [2.75, 3.05) is 0 Å². The Morgan fingerprint density at radius 2 is 2.08 bits per heavy atom. The number of aliphatic hydroxyl groups is 1. The highest BCUT2D eigenvalue weighted by Crippen LogP contribution is 2.42. The fourth-order valence-corrected chi connectivity index (χ4v) is 2.19. The normalized spacial score (nSPS) is 57.7. The van der Waals surface area contributed by atoms with E-state index in [0.717, 1.165) is 0 Å². The van der Waals surface area contributed by atoms with E-state index in [0.29, 0.717) is 0 Å². The van der Waals surface area contributed by atoms with Crippen LogP contribution in [0.5, 0.6) is 0 Å². The van der Waals surface area contributed by atoms with Crippen molar-refractivity contribution in [3.05, 3.63) is 12.2 Å². The van der Waals surface area contributed by atoms with Gasteiger partial charge in [0.25, 0.3) is 0 Å². The molecule has 0 aromatic carbocycles. The van der Waals surface area contributed by atoms with Crippen molar-refractivity contribution < 1.29 is 9.84 Å². The van der Waals surface area contributed by atoms with Crippen molar-refractivity contribution in [3.8, 4) is 0 Å². The standard InChI is InChI=1S/C10H16O2/c1-6-8-4-5-10(3,12-8)7(2)9(6)11/h4-9,11H,1-3H3/t6-,7-,8+,9-,10-/m0/s1. The molecule has 0 spiro atoms. The van der Waals surface area contributed by atoms with Crippen LogP contribution in [0.25, 0.3) is 0 Å². The number of rotatable bonds is 0. The summed E-state index contributed by atoms with van der Waals surface area (Å²) in [5.41, 5.74) is -0.226. The van der Waals surface area contributed by atoms with Crippen LogP contribution in [0.4, 0.5) is 0 Å². The number of fused-ring (bicyclic) bond motifs is 2. The summed E-state index contributed by atoms with van der Waals surface area (Å²) in [5, 5.41) is 9.87. The highest BCUT2D eigenvalue weighted by molar-refractivity contribution is 5.18. The quantitative estimate of drug-likeness (QED) is 0.553. The van der Waals surface area contributed by atoms with Crippen LogP contribution in [-0.4, -0.2) is 22.9 Å². The molecule has 2 heterocycles. The molecule has 2 aliphatic heterocycles. The molecule has 2 heteroatoms. The van der Waals surface area contributed by atoms with E-state index >= 15 is 0 Å². The summed E-state index contributed by atoms with van der Waals surface area (Å²) < 4.78 is 5.81. The molecule has 68 valence electrons. The van der Waals surface area contributed by atoms with Crippen molar-refractivity contribution in [1.82, 2.24) is 0 Å². The number of hydrogen-bond donors (Lipinski definition) is 1. The van der Waals surface area contributed by atoms with Crippen LogP contribution in [0.2, 0.25) is 0 Å². The van der Waals surface area contributed by atoms with Crippen molar-refractivity contribution in [2.24, 2.45) is 11.8 Å². The maximum atomic E-state index is 9.87. The van der Waals surface area contributed by atoms with Gasteiger partial charge in [-0.05, 0) is 6.92 Å². The van der Waals surface area contributed by atoms with Crippen molar-refractivity contribution in [3.63, 3.8) is 0 Å². The zero-order valence-electron chi connectivity index (χ0n) is 7.82. The van der Waals surface area contributed by atoms with Gasteiger partial charge in [0.15, 0.2) is 0 Å². The maximum Gasteiger partial charge on any atom is 0.0893 e. The summed E-state index contributed by atoms with van der Waals surface area (Å²) in [5.74, 6) is 0.425. The Morgan fingerprint density at radius 3 is 2.75 bits per heavy atom. The van der Waals surface area contributed by atoms with Crippen LogP contribution >= 0.6 is 0 Å². The molecular formula is C10H16O2. The number of hydrogen-bond acceptors (Lipinski definition) is 2. The highest BCUT2D eigenvalue weighted by atomic mass is 16.5. The topological polar surface area (TPSA) is 29.5 Å². The van der Waals surface area contributed by atoms with Crippen LogP contribution < -0.4 is 0 Å². The maximum absolute atomic E-state index is 9.87. The zero-order chi connectivity index (χ0) is 8.93. The van der Waals surface area contributed by atoms with Crippen molar-refractivity contribution in [2.45, 2.75) is 38.6 Å². The van der Waals surface area contributed by atoms with Gasteiger partial charge in [-0.15, -0.1) is 0 Å². The number of aliphatic hydroxyl groups excluding tert-OH is 1. The van der Waals surface area contributed by atoms with E-state index < -0.39 is 0 Å². The first kappa shape index (κ1) is 8.27. The van der Waals surface area contributed by atoms with Crippen LogP contribution in [0.15, 0.2) is 12.2 Å². The average molecular weight is 168 g/mol. The minimum absolute atomic E-state index is 0.126. The Hall–Kier alpha value is -0.340. The van der Waals surface area contributed by atoms with Gasteiger partial charge in [-0.2, -0.15) is 0 Å². The fourth-order valence-electron chi connectivity index (χ4n) is 2.19. The molecule has 2 aliphatic rings. The first-order valence-corrected chi connectivity index (χ1v) is 4.60. The summed E-state index contributed by atoms with van der Waals surface area (Å²) in [6.45, 7) is 6.14. The molecule has 2 bridgehead atoms. The van der Waals surface area contributed by atoms with Gasteiger partial charge in [-0.25, -0.2) is 0 Å². The molecule has 2 rings (SSSR count). The van der Waals surface area contributed by atoms with Gasteiger partial charge in [-0.3, -0.25) is 0 Å². The molecule has 0 saturated carbocycles. The van der Waals surface area contributed by atoms with Gasteiger partial charge >= 0.3 is 0 Å². The van der Waals surface area contributed by atoms with E-state index in [1.54, 1.807) is 0 Å². The minimum atomic E-state index is -0.233. The van der Waals surface area contributed by atoms with Gasteiger partial charge in [0.1, 0.15) is 0 Å². The predicted octanol–water partition coefficient (Wildman–Crippen LogP) is 1.35. The first-order valence-electron chi connectivity index (χ1n) is 4.60. The SMILES string of the molecule is C[C@@H]1[C@H](O)[C@H](C)[C@]2(C)C=C[C@H]1O2. The van der Waals surface area contributed by atoms with Gasteiger partial charge in [-0.1, -0.05) is 26.0 Å². The Morgan fingerprint density at radius 1 is 1.42 bits per heavy atom. The second-order valence-corrected chi connectivity index (χ2v) is 4.26. The molecule has 0 amide bonds. The van der Waals surface area contributed by atoms with Gasteiger partial charge in [0.2, 0.25) is 0 Å². The van der Waals surface area contributed by atoms with Crippen LogP contribution in [0, 0.1) is 11.8 Å². The lowest BCUT2D eigenvalue weighted by Gasteiger charge is -2.43. The third kappa shape index (κ3) is 0.882. The summed E-state index contributed by atoms with van der Waals surface area (Å²) in [7, 11) is 0. The van der Waals surface area contributed by atoms with Gasteiger partial charge in [0, 0.05) is 11.8 Å². The summed E-state index contributed by atoms with van der Waals surface area (Å²) in [6.07, 6.45) is 4.07. The first-order chi connectivity index (χ1) is 5.54. The Labute approximate surface area is 73.2 Å². The summed E-state index contributed by atoms with van der Waals surface area (Å²) >= 11 is 0. The minimum Gasteiger partial charge on any atom is -0.392 e. The van der Waals surface area contributed by atoms with E-state index in [-0.39, 0.29) is 29.6 Å². The number of ether oxygens (including phenoxy) is 1. The predicted molar refractivity (Wildman–Crippen MR) is 46.8 cm³/mol. The van der Waals surface area contributed by atoms with Crippen LogP contribution in [0.3, 0.4) is 0 Å².